The molecule has 0 aromatic carbocycles. The molecule has 0 radical (unpaired) electrons. The number of halogens is 1. The van der Waals surface area contributed by atoms with Crippen molar-refractivity contribution in [1.29, 1.82) is 0 Å². The maximum atomic E-state index is 8.62. The molecule has 0 amide bonds. The van der Waals surface area contributed by atoms with E-state index >= 15 is 0 Å². The van der Waals surface area contributed by atoms with Gasteiger partial charge in [0.15, 0.2) is 5.82 Å². The van der Waals surface area contributed by atoms with Crippen LogP contribution < -0.4 is 11.1 Å². The highest BCUT2D eigenvalue weighted by Crippen LogP contribution is 2.20. The Morgan fingerprint density at radius 1 is 1.31 bits per heavy atom. The Labute approximate surface area is 100 Å². The topological polar surface area (TPSA) is 84.1 Å². The number of nitrogens with two attached hydrogens (primary N) is 1. The second kappa shape index (κ2) is 6.50. The van der Waals surface area contributed by atoms with Crippen molar-refractivity contribution >= 4 is 23.1 Å². The van der Waals surface area contributed by atoms with Crippen LogP contribution in [0.2, 0.25) is 5.28 Å². The van der Waals surface area contributed by atoms with E-state index in [2.05, 4.69) is 15.3 Å². The average Bonchev–Trinajstić information content (AvgIpc) is 2.24. The van der Waals surface area contributed by atoms with Crippen molar-refractivity contribution in [2.45, 2.75) is 26.2 Å². The number of nitrogen functional groups attached to an aromatic ring is 1. The molecule has 0 spiro atoms. The third kappa shape index (κ3) is 3.83. The van der Waals surface area contributed by atoms with E-state index < -0.39 is 0 Å². The lowest BCUT2D eigenvalue weighted by atomic mass is 10.2. The molecule has 0 aliphatic heterocycles. The van der Waals surface area contributed by atoms with Crippen LogP contribution >= 0.6 is 11.6 Å². The first-order chi connectivity index (χ1) is 7.65. The number of rotatable bonds is 6. The Bertz CT molecular complexity index is 346. The van der Waals surface area contributed by atoms with Crippen molar-refractivity contribution in [3.8, 4) is 0 Å². The van der Waals surface area contributed by atoms with Crippen molar-refractivity contribution in [2.75, 3.05) is 24.2 Å². The van der Waals surface area contributed by atoms with Gasteiger partial charge in [-0.1, -0.05) is 0 Å². The van der Waals surface area contributed by atoms with Crippen molar-refractivity contribution in [3.05, 3.63) is 11.0 Å². The maximum absolute atomic E-state index is 8.62. The minimum atomic E-state index is 0.199. The number of nitrogens with zero attached hydrogens (tertiary/aromatic N) is 2. The summed E-state index contributed by atoms with van der Waals surface area (Å²) in [5.41, 5.74) is 7.02. The van der Waals surface area contributed by atoms with Gasteiger partial charge in [0.05, 0.1) is 11.4 Å². The number of unbranched alkanes of at least 4 members (excludes halogenated alkanes) is 2. The van der Waals surface area contributed by atoms with E-state index in [4.69, 9.17) is 22.4 Å². The van der Waals surface area contributed by atoms with Gasteiger partial charge < -0.3 is 16.2 Å². The number of anilines is 2. The number of aromatic nitrogens is 2. The maximum Gasteiger partial charge on any atom is 0.224 e. The van der Waals surface area contributed by atoms with E-state index in [1.807, 2.05) is 0 Å². The first kappa shape index (κ1) is 13.0. The van der Waals surface area contributed by atoms with Crippen molar-refractivity contribution in [1.82, 2.24) is 9.97 Å². The van der Waals surface area contributed by atoms with Crippen LogP contribution in [-0.2, 0) is 0 Å². The molecule has 90 valence electrons. The smallest absolute Gasteiger partial charge is 0.224 e. The van der Waals surface area contributed by atoms with Gasteiger partial charge >= 0.3 is 0 Å². The summed E-state index contributed by atoms with van der Waals surface area (Å²) in [4.78, 5) is 7.97. The summed E-state index contributed by atoms with van der Waals surface area (Å²) < 4.78 is 0. The second-order valence-electron chi connectivity index (χ2n) is 3.55. The molecule has 1 aromatic heterocycles. The zero-order chi connectivity index (χ0) is 12.0. The van der Waals surface area contributed by atoms with Gasteiger partial charge in [-0.2, -0.15) is 4.98 Å². The SMILES string of the molecule is Cc1nc(Cl)nc(NCCCCCO)c1N. The number of nitrogens with one attached hydrogen (secondary N) is 1. The van der Waals surface area contributed by atoms with Crippen LogP contribution in [-0.4, -0.2) is 28.2 Å². The number of hydrogen-bond donors (Lipinski definition) is 3. The van der Waals surface area contributed by atoms with E-state index in [1.54, 1.807) is 6.92 Å². The highest BCUT2D eigenvalue weighted by atomic mass is 35.5. The fourth-order valence-corrected chi connectivity index (χ4v) is 1.51. The molecule has 16 heavy (non-hydrogen) atoms. The Kier molecular flexibility index (Phi) is 5.28. The van der Waals surface area contributed by atoms with E-state index in [0.717, 1.165) is 25.8 Å². The molecular weight excluding hydrogens is 228 g/mol. The van der Waals surface area contributed by atoms with Gasteiger partial charge in [0.2, 0.25) is 5.28 Å². The standard InChI is InChI=1S/C10H17ClN4O/c1-7-8(12)9(15-10(11)14-7)13-5-3-2-4-6-16/h16H,2-6,12H2,1H3,(H,13,14,15). The Hall–Kier alpha value is -1.07. The Morgan fingerprint density at radius 3 is 2.75 bits per heavy atom. The van der Waals surface area contributed by atoms with Gasteiger partial charge in [-0.3, -0.25) is 0 Å². The molecule has 0 bridgehead atoms. The highest BCUT2D eigenvalue weighted by molar-refractivity contribution is 6.28. The predicted octanol–water partition coefficient (Wildman–Crippen LogP) is 1.60. The average molecular weight is 245 g/mol. The predicted molar refractivity (Wildman–Crippen MR) is 65.6 cm³/mol. The summed E-state index contributed by atoms with van der Waals surface area (Å²) in [6.45, 7) is 2.79. The zero-order valence-electron chi connectivity index (χ0n) is 9.33. The zero-order valence-corrected chi connectivity index (χ0v) is 10.1. The van der Waals surface area contributed by atoms with Gasteiger partial charge in [-0.05, 0) is 37.8 Å². The van der Waals surface area contributed by atoms with E-state index in [0.29, 0.717) is 17.2 Å². The molecule has 0 saturated carbocycles. The van der Waals surface area contributed by atoms with Crippen LogP contribution in [0.5, 0.6) is 0 Å². The van der Waals surface area contributed by atoms with Crippen LogP contribution in [0.3, 0.4) is 0 Å². The Morgan fingerprint density at radius 2 is 2.06 bits per heavy atom. The lowest BCUT2D eigenvalue weighted by Crippen LogP contribution is -2.08. The van der Waals surface area contributed by atoms with Gasteiger partial charge in [0, 0.05) is 13.2 Å². The van der Waals surface area contributed by atoms with Crippen LogP contribution in [0.15, 0.2) is 0 Å². The summed E-state index contributed by atoms with van der Waals surface area (Å²) in [6, 6.07) is 0. The third-order valence-corrected chi connectivity index (χ3v) is 2.41. The minimum Gasteiger partial charge on any atom is -0.396 e. The molecule has 4 N–H and O–H groups in total. The number of hydrogen-bond acceptors (Lipinski definition) is 5. The third-order valence-electron chi connectivity index (χ3n) is 2.24. The summed E-state index contributed by atoms with van der Waals surface area (Å²) in [5.74, 6) is 0.585. The first-order valence-corrected chi connectivity index (χ1v) is 5.67. The van der Waals surface area contributed by atoms with Crippen LogP contribution in [0.4, 0.5) is 11.5 Å². The summed E-state index contributed by atoms with van der Waals surface area (Å²) in [5, 5.41) is 11.9. The van der Waals surface area contributed by atoms with Crippen molar-refractivity contribution < 1.29 is 5.11 Å². The monoisotopic (exact) mass is 244 g/mol. The molecule has 0 unspecified atom stereocenters. The molecule has 0 saturated heterocycles. The molecule has 6 heteroatoms. The fraction of sp³-hybridized carbons (Fsp3) is 0.600. The molecule has 0 fully saturated rings. The van der Waals surface area contributed by atoms with E-state index in [1.165, 1.54) is 0 Å². The van der Waals surface area contributed by atoms with Gasteiger partial charge in [0.1, 0.15) is 0 Å². The molecule has 0 aliphatic rings. The number of aliphatic hydroxyl groups excluding tert-OH is 1. The lowest BCUT2D eigenvalue weighted by molar-refractivity contribution is 0.283. The molecule has 1 aromatic rings. The molecule has 1 heterocycles. The van der Waals surface area contributed by atoms with Crippen molar-refractivity contribution in [3.63, 3.8) is 0 Å². The molecule has 5 nitrogen and oxygen atoms in total. The summed E-state index contributed by atoms with van der Waals surface area (Å²) >= 11 is 5.73. The van der Waals surface area contributed by atoms with Crippen LogP contribution in [0.1, 0.15) is 25.0 Å². The fourth-order valence-electron chi connectivity index (χ4n) is 1.30. The summed E-state index contributed by atoms with van der Waals surface area (Å²) in [6.07, 6.45) is 2.75. The van der Waals surface area contributed by atoms with Gasteiger partial charge in [0.25, 0.3) is 0 Å². The molecule has 0 atom stereocenters. The lowest BCUT2D eigenvalue weighted by Gasteiger charge is -2.09. The van der Waals surface area contributed by atoms with Crippen LogP contribution in [0.25, 0.3) is 0 Å². The van der Waals surface area contributed by atoms with Crippen LogP contribution in [0, 0.1) is 6.92 Å². The highest BCUT2D eigenvalue weighted by Gasteiger charge is 2.06. The summed E-state index contributed by atoms with van der Waals surface area (Å²) in [7, 11) is 0. The Balaban J connectivity index is 2.47. The van der Waals surface area contributed by atoms with Gasteiger partial charge in [-0.25, -0.2) is 4.98 Å². The number of aryl methyl sites for hydroxylation is 1. The van der Waals surface area contributed by atoms with Crippen molar-refractivity contribution in [2.24, 2.45) is 0 Å². The molecule has 0 aliphatic carbocycles. The van der Waals surface area contributed by atoms with Gasteiger partial charge in [-0.15, -0.1) is 0 Å². The number of aliphatic hydroxyl groups is 1. The van der Waals surface area contributed by atoms with E-state index in [9.17, 15) is 0 Å². The normalized spacial score (nSPS) is 10.4. The quantitative estimate of drug-likeness (QED) is 0.523. The first-order valence-electron chi connectivity index (χ1n) is 5.29. The largest absolute Gasteiger partial charge is 0.396 e. The van der Waals surface area contributed by atoms with E-state index in [-0.39, 0.29) is 11.9 Å². The minimum absolute atomic E-state index is 0.199. The molecular formula is C10H17ClN4O. The second-order valence-corrected chi connectivity index (χ2v) is 3.89. The molecule has 1 rings (SSSR count).